The molecule has 0 amide bonds. The van der Waals surface area contributed by atoms with Gasteiger partial charge in [0.25, 0.3) is 0 Å². The normalized spacial score (nSPS) is 14.0. The predicted octanol–water partition coefficient (Wildman–Crippen LogP) is 4.07. The second-order valence-corrected chi connectivity index (χ2v) is 6.38. The molecule has 0 spiro atoms. The second-order valence-electron chi connectivity index (χ2n) is 5.73. The Morgan fingerprint density at radius 3 is 2.35 bits per heavy atom. The van der Waals surface area contributed by atoms with E-state index < -0.39 is 0 Å². The summed E-state index contributed by atoms with van der Waals surface area (Å²) in [5, 5.41) is 5.73. The van der Waals surface area contributed by atoms with Gasteiger partial charge in [0, 0.05) is 17.6 Å². The molecule has 0 fully saturated rings. The molecular formula is C14H25BrN2. The Labute approximate surface area is 114 Å². The third-order valence-corrected chi connectivity index (χ3v) is 4.22. The van der Waals surface area contributed by atoms with Crippen LogP contribution in [0.1, 0.15) is 46.0 Å². The third-order valence-electron chi connectivity index (χ3n) is 3.44. The molecule has 17 heavy (non-hydrogen) atoms. The summed E-state index contributed by atoms with van der Waals surface area (Å²) in [5.41, 5.74) is 2.88. The van der Waals surface area contributed by atoms with Crippen molar-refractivity contribution in [2.75, 3.05) is 5.33 Å². The Morgan fingerprint density at radius 1 is 1.29 bits per heavy atom. The molecule has 1 heterocycles. The van der Waals surface area contributed by atoms with Gasteiger partial charge in [0.05, 0.1) is 5.69 Å². The average molecular weight is 301 g/mol. The van der Waals surface area contributed by atoms with Crippen molar-refractivity contribution in [3.8, 4) is 0 Å². The van der Waals surface area contributed by atoms with Crippen molar-refractivity contribution < 1.29 is 0 Å². The summed E-state index contributed by atoms with van der Waals surface area (Å²) in [6, 6.07) is 2.24. The molecule has 0 aliphatic rings. The first kappa shape index (κ1) is 14.7. The SMILES string of the molecule is CCc1cc(CC)n(CC(CBr)C(C)(C)C)n1. The van der Waals surface area contributed by atoms with Gasteiger partial charge in [-0.1, -0.05) is 50.5 Å². The fourth-order valence-electron chi connectivity index (χ4n) is 1.89. The van der Waals surface area contributed by atoms with Crippen LogP contribution in [0.5, 0.6) is 0 Å². The van der Waals surface area contributed by atoms with E-state index in [0.29, 0.717) is 11.3 Å². The van der Waals surface area contributed by atoms with Gasteiger partial charge in [0.1, 0.15) is 0 Å². The molecule has 1 unspecified atom stereocenters. The molecule has 0 N–H and O–H groups in total. The van der Waals surface area contributed by atoms with E-state index in [1.165, 1.54) is 11.4 Å². The van der Waals surface area contributed by atoms with Gasteiger partial charge in [0.15, 0.2) is 0 Å². The molecule has 0 saturated heterocycles. The maximum Gasteiger partial charge on any atom is 0.0624 e. The Balaban J connectivity index is 2.89. The Bertz CT molecular complexity index is 350. The number of alkyl halides is 1. The monoisotopic (exact) mass is 300 g/mol. The molecule has 1 aromatic rings. The quantitative estimate of drug-likeness (QED) is 0.750. The average Bonchev–Trinajstić information content (AvgIpc) is 2.66. The highest BCUT2D eigenvalue weighted by Gasteiger charge is 2.24. The Morgan fingerprint density at radius 2 is 1.94 bits per heavy atom. The van der Waals surface area contributed by atoms with Crippen LogP contribution in [0.2, 0.25) is 0 Å². The molecule has 0 saturated carbocycles. The summed E-state index contributed by atoms with van der Waals surface area (Å²) in [6.45, 7) is 12.3. The standard InChI is InChI=1S/C14H25BrN2/c1-6-12-8-13(7-2)17(16-12)10-11(9-15)14(3,4)5/h8,11H,6-7,9-10H2,1-5H3. The molecule has 0 bridgehead atoms. The summed E-state index contributed by atoms with van der Waals surface area (Å²) >= 11 is 3.64. The molecule has 1 atom stereocenters. The predicted molar refractivity (Wildman–Crippen MR) is 77.7 cm³/mol. The number of hydrogen-bond acceptors (Lipinski definition) is 1. The minimum atomic E-state index is 0.312. The molecule has 1 rings (SSSR count). The lowest BCUT2D eigenvalue weighted by Crippen LogP contribution is -2.27. The van der Waals surface area contributed by atoms with Crippen molar-refractivity contribution in [2.45, 2.75) is 54.0 Å². The van der Waals surface area contributed by atoms with Crippen molar-refractivity contribution >= 4 is 15.9 Å². The van der Waals surface area contributed by atoms with E-state index >= 15 is 0 Å². The van der Waals surface area contributed by atoms with Crippen LogP contribution >= 0.6 is 15.9 Å². The first-order valence-electron chi connectivity index (χ1n) is 6.53. The van der Waals surface area contributed by atoms with Crippen molar-refractivity contribution in [2.24, 2.45) is 11.3 Å². The van der Waals surface area contributed by atoms with Crippen molar-refractivity contribution in [1.82, 2.24) is 9.78 Å². The second kappa shape index (κ2) is 6.03. The summed E-state index contributed by atoms with van der Waals surface area (Å²) in [4.78, 5) is 0. The van der Waals surface area contributed by atoms with E-state index in [1.807, 2.05) is 0 Å². The first-order valence-corrected chi connectivity index (χ1v) is 7.66. The van der Waals surface area contributed by atoms with Gasteiger partial charge >= 0.3 is 0 Å². The van der Waals surface area contributed by atoms with Crippen LogP contribution < -0.4 is 0 Å². The zero-order chi connectivity index (χ0) is 13.1. The van der Waals surface area contributed by atoms with Crippen LogP contribution in [-0.4, -0.2) is 15.1 Å². The highest BCUT2D eigenvalue weighted by Crippen LogP contribution is 2.29. The number of aryl methyl sites for hydroxylation is 2. The molecule has 0 aromatic carbocycles. The Hall–Kier alpha value is -0.310. The van der Waals surface area contributed by atoms with Gasteiger partial charge in [-0.25, -0.2) is 0 Å². The maximum absolute atomic E-state index is 4.70. The fraction of sp³-hybridized carbons (Fsp3) is 0.786. The zero-order valence-electron chi connectivity index (χ0n) is 11.8. The number of hydrogen-bond donors (Lipinski definition) is 0. The summed E-state index contributed by atoms with van der Waals surface area (Å²) < 4.78 is 2.20. The molecule has 0 aliphatic heterocycles. The molecule has 0 aliphatic carbocycles. The molecule has 3 heteroatoms. The first-order chi connectivity index (χ1) is 7.92. The third kappa shape index (κ3) is 3.84. The van der Waals surface area contributed by atoms with E-state index in [4.69, 9.17) is 5.10 Å². The van der Waals surface area contributed by atoms with Gasteiger partial charge in [-0.15, -0.1) is 0 Å². The van der Waals surface area contributed by atoms with Crippen LogP contribution in [0.4, 0.5) is 0 Å². The van der Waals surface area contributed by atoms with Crippen LogP contribution in [0.25, 0.3) is 0 Å². The maximum atomic E-state index is 4.70. The topological polar surface area (TPSA) is 17.8 Å². The van der Waals surface area contributed by atoms with Crippen molar-refractivity contribution in [3.63, 3.8) is 0 Å². The van der Waals surface area contributed by atoms with E-state index in [2.05, 4.69) is 61.3 Å². The fourth-order valence-corrected chi connectivity index (χ4v) is 3.07. The van der Waals surface area contributed by atoms with E-state index in [0.717, 1.165) is 24.7 Å². The van der Waals surface area contributed by atoms with Crippen LogP contribution in [0, 0.1) is 11.3 Å². The van der Waals surface area contributed by atoms with Gasteiger partial charge in [0.2, 0.25) is 0 Å². The summed E-state index contributed by atoms with van der Waals surface area (Å²) in [6.07, 6.45) is 2.08. The minimum absolute atomic E-state index is 0.312. The Kier molecular flexibility index (Phi) is 5.23. The van der Waals surface area contributed by atoms with Crippen LogP contribution in [-0.2, 0) is 19.4 Å². The number of aromatic nitrogens is 2. The van der Waals surface area contributed by atoms with E-state index in [1.54, 1.807) is 0 Å². The largest absolute Gasteiger partial charge is 0.269 e. The molecule has 98 valence electrons. The number of halogens is 1. The minimum Gasteiger partial charge on any atom is -0.269 e. The van der Waals surface area contributed by atoms with Crippen LogP contribution in [0.3, 0.4) is 0 Å². The van der Waals surface area contributed by atoms with Crippen molar-refractivity contribution in [3.05, 3.63) is 17.5 Å². The zero-order valence-corrected chi connectivity index (χ0v) is 13.3. The van der Waals surface area contributed by atoms with Gasteiger partial charge in [-0.2, -0.15) is 5.10 Å². The smallest absolute Gasteiger partial charge is 0.0624 e. The molecule has 2 nitrogen and oxygen atoms in total. The molecular weight excluding hydrogens is 276 g/mol. The van der Waals surface area contributed by atoms with E-state index in [-0.39, 0.29) is 0 Å². The summed E-state index contributed by atoms with van der Waals surface area (Å²) in [7, 11) is 0. The lowest BCUT2D eigenvalue weighted by atomic mass is 9.82. The van der Waals surface area contributed by atoms with Gasteiger partial charge < -0.3 is 0 Å². The number of nitrogens with zero attached hydrogens (tertiary/aromatic N) is 2. The lowest BCUT2D eigenvalue weighted by Gasteiger charge is -2.29. The lowest BCUT2D eigenvalue weighted by molar-refractivity contribution is 0.230. The highest BCUT2D eigenvalue weighted by atomic mass is 79.9. The molecule has 0 radical (unpaired) electrons. The van der Waals surface area contributed by atoms with Crippen molar-refractivity contribution in [1.29, 1.82) is 0 Å². The highest BCUT2D eigenvalue weighted by molar-refractivity contribution is 9.09. The summed E-state index contributed by atoms with van der Waals surface area (Å²) in [5.74, 6) is 0.609. The van der Waals surface area contributed by atoms with Gasteiger partial charge in [-0.05, 0) is 30.2 Å². The van der Waals surface area contributed by atoms with E-state index in [9.17, 15) is 0 Å². The number of rotatable bonds is 5. The molecule has 1 aromatic heterocycles. The van der Waals surface area contributed by atoms with Crippen LogP contribution in [0.15, 0.2) is 6.07 Å². The van der Waals surface area contributed by atoms with Gasteiger partial charge in [-0.3, -0.25) is 4.68 Å².